The Morgan fingerprint density at radius 3 is 3.18 bits per heavy atom. The van der Waals surface area contributed by atoms with E-state index in [1.165, 1.54) is 0 Å². The number of hydrogen-bond donors (Lipinski definition) is 0. The zero-order valence-electron chi connectivity index (χ0n) is 5.48. The molecule has 0 atom stereocenters. The van der Waals surface area contributed by atoms with Gasteiger partial charge in [-0.2, -0.15) is 0 Å². The molecule has 0 fully saturated rings. The van der Waals surface area contributed by atoms with Crippen LogP contribution in [0.25, 0.3) is 10.4 Å². The summed E-state index contributed by atoms with van der Waals surface area (Å²) in [6.45, 7) is 0.190. The van der Waals surface area contributed by atoms with Crippen LogP contribution in [0.2, 0.25) is 0 Å². The summed E-state index contributed by atoms with van der Waals surface area (Å²) >= 11 is 3.17. The first-order chi connectivity index (χ1) is 5.33. The highest BCUT2D eigenvalue weighted by molar-refractivity contribution is 9.10. The minimum Gasteiger partial charge on any atom is -0.241 e. The van der Waals surface area contributed by atoms with Crippen LogP contribution in [-0.4, -0.2) is 9.97 Å². The smallest absolute Gasteiger partial charge is 0.135 e. The molecule has 0 aliphatic rings. The topological polar surface area (TPSA) is 74.5 Å². The first-order valence-electron chi connectivity index (χ1n) is 2.81. The zero-order valence-corrected chi connectivity index (χ0v) is 7.06. The van der Waals surface area contributed by atoms with E-state index >= 15 is 0 Å². The minimum atomic E-state index is 0.190. The molecule has 0 aliphatic carbocycles. The lowest BCUT2D eigenvalue weighted by Crippen LogP contribution is -1.90. The fourth-order valence-corrected chi connectivity index (χ4v) is 0.868. The molecule has 0 radical (unpaired) electrons. The third-order valence-corrected chi connectivity index (χ3v) is 1.39. The second-order valence-electron chi connectivity index (χ2n) is 1.68. The Morgan fingerprint density at radius 2 is 2.55 bits per heavy atom. The molecule has 0 spiro atoms. The van der Waals surface area contributed by atoms with Gasteiger partial charge in [0.15, 0.2) is 0 Å². The van der Waals surface area contributed by atoms with Crippen molar-refractivity contribution in [3.8, 4) is 0 Å². The summed E-state index contributed by atoms with van der Waals surface area (Å²) in [5.41, 5.74) is 7.99. The fraction of sp³-hybridized carbons (Fsp3) is 0.200. The van der Waals surface area contributed by atoms with E-state index in [-0.39, 0.29) is 6.54 Å². The first-order valence-corrected chi connectivity index (χ1v) is 3.60. The highest BCUT2D eigenvalue weighted by Crippen LogP contribution is 2.03. The Kier molecular flexibility index (Phi) is 2.83. The van der Waals surface area contributed by atoms with Gasteiger partial charge >= 0.3 is 0 Å². The average Bonchev–Trinajstić information content (AvgIpc) is 2.01. The molecule has 0 saturated carbocycles. The van der Waals surface area contributed by atoms with Crippen molar-refractivity contribution < 1.29 is 0 Å². The highest BCUT2D eigenvalue weighted by Gasteiger charge is 1.93. The number of rotatable bonds is 2. The third-order valence-electron chi connectivity index (χ3n) is 0.947. The van der Waals surface area contributed by atoms with Crippen molar-refractivity contribution in [3.63, 3.8) is 0 Å². The second-order valence-corrected chi connectivity index (χ2v) is 2.50. The van der Waals surface area contributed by atoms with Crippen molar-refractivity contribution in [1.82, 2.24) is 9.97 Å². The van der Waals surface area contributed by atoms with Gasteiger partial charge in [-0.1, -0.05) is 5.11 Å². The van der Waals surface area contributed by atoms with Gasteiger partial charge in [0, 0.05) is 11.1 Å². The van der Waals surface area contributed by atoms with E-state index in [0.717, 1.165) is 0 Å². The van der Waals surface area contributed by atoms with Crippen LogP contribution in [0.15, 0.2) is 22.0 Å². The Hall–Kier alpha value is -1.13. The number of azide groups is 1. The van der Waals surface area contributed by atoms with E-state index in [1.54, 1.807) is 12.3 Å². The van der Waals surface area contributed by atoms with E-state index in [1.807, 2.05) is 0 Å². The van der Waals surface area contributed by atoms with Crippen molar-refractivity contribution in [3.05, 3.63) is 33.1 Å². The number of aromatic nitrogens is 2. The Labute approximate surface area is 71.2 Å². The molecule has 11 heavy (non-hydrogen) atoms. The van der Waals surface area contributed by atoms with E-state index < -0.39 is 0 Å². The highest BCUT2D eigenvalue weighted by atomic mass is 79.9. The monoisotopic (exact) mass is 213 g/mol. The molecule has 0 unspecified atom stereocenters. The second kappa shape index (κ2) is 3.90. The van der Waals surface area contributed by atoms with Crippen LogP contribution in [0, 0.1) is 0 Å². The summed E-state index contributed by atoms with van der Waals surface area (Å²) in [4.78, 5) is 10.4. The van der Waals surface area contributed by atoms with Crippen LogP contribution in [0.3, 0.4) is 0 Å². The summed E-state index contributed by atoms with van der Waals surface area (Å²) in [7, 11) is 0. The van der Waals surface area contributed by atoms with Crippen LogP contribution < -0.4 is 0 Å². The molecule has 1 aromatic rings. The van der Waals surface area contributed by atoms with Gasteiger partial charge in [0.05, 0.1) is 6.54 Å². The molecule has 1 rings (SSSR count). The van der Waals surface area contributed by atoms with Crippen molar-refractivity contribution in [2.24, 2.45) is 5.11 Å². The Morgan fingerprint density at radius 1 is 1.73 bits per heavy atom. The Balaban J connectivity index is 2.79. The molecule has 56 valence electrons. The molecule has 1 aromatic heterocycles. The molecular formula is C5H4BrN5. The zero-order chi connectivity index (χ0) is 8.10. The van der Waals surface area contributed by atoms with E-state index in [2.05, 4.69) is 35.9 Å². The lowest BCUT2D eigenvalue weighted by Gasteiger charge is -1.92. The maximum absolute atomic E-state index is 7.99. The van der Waals surface area contributed by atoms with Gasteiger partial charge in [-0.25, -0.2) is 9.97 Å². The summed E-state index contributed by atoms with van der Waals surface area (Å²) in [6.07, 6.45) is 1.60. The third kappa shape index (κ3) is 2.53. The lowest BCUT2D eigenvalue weighted by atomic mass is 10.6. The quantitative estimate of drug-likeness (QED) is 0.327. The SMILES string of the molecule is [N-]=[N+]=NCc1nccc(Br)n1. The van der Waals surface area contributed by atoms with Crippen LogP contribution in [-0.2, 0) is 6.54 Å². The van der Waals surface area contributed by atoms with Crippen LogP contribution in [0.4, 0.5) is 0 Å². The predicted molar refractivity (Wildman–Crippen MR) is 42.6 cm³/mol. The molecule has 0 amide bonds. The van der Waals surface area contributed by atoms with Crippen LogP contribution in [0.1, 0.15) is 5.82 Å². The number of hydrogen-bond acceptors (Lipinski definition) is 3. The normalized spacial score (nSPS) is 8.82. The standard InChI is InChI=1S/C5H4BrN5/c6-4-1-2-8-5(10-4)3-9-11-7/h1-2H,3H2. The van der Waals surface area contributed by atoms with Crippen molar-refractivity contribution in [2.75, 3.05) is 0 Å². The molecule has 0 N–H and O–H groups in total. The van der Waals surface area contributed by atoms with Gasteiger partial charge in [-0.15, -0.1) is 0 Å². The molecule has 0 aliphatic heterocycles. The lowest BCUT2D eigenvalue weighted by molar-refractivity contribution is 0.891. The largest absolute Gasteiger partial charge is 0.241 e. The van der Waals surface area contributed by atoms with Gasteiger partial charge in [0.25, 0.3) is 0 Å². The maximum atomic E-state index is 7.99. The fourth-order valence-electron chi connectivity index (χ4n) is 0.545. The predicted octanol–water partition coefficient (Wildman–Crippen LogP) is 2.05. The average molecular weight is 214 g/mol. The van der Waals surface area contributed by atoms with Crippen molar-refractivity contribution in [2.45, 2.75) is 6.54 Å². The minimum absolute atomic E-state index is 0.190. The van der Waals surface area contributed by atoms with E-state index in [4.69, 9.17) is 5.53 Å². The number of halogens is 1. The molecule has 5 nitrogen and oxygen atoms in total. The van der Waals surface area contributed by atoms with Gasteiger partial charge in [0.2, 0.25) is 0 Å². The van der Waals surface area contributed by atoms with Gasteiger partial charge in [-0.05, 0) is 27.5 Å². The van der Waals surface area contributed by atoms with Gasteiger partial charge < -0.3 is 0 Å². The summed E-state index contributed by atoms with van der Waals surface area (Å²) in [5, 5.41) is 3.32. The summed E-state index contributed by atoms with van der Waals surface area (Å²) in [5.74, 6) is 0.511. The van der Waals surface area contributed by atoms with Crippen molar-refractivity contribution >= 4 is 15.9 Å². The van der Waals surface area contributed by atoms with Crippen LogP contribution in [0.5, 0.6) is 0 Å². The summed E-state index contributed by atoms with van der Waals surface area (Å²) in [6, 6.07) is 1.71. The first kappa shape index (κ1) is 7.97. The molecule has 0 bridgehead atoms. The van der Waals surface area contributed by atoms with Gasteiger partial charge in [-0.3, -0.25) is 0 Å². The number of nitrogens with zero attached hydrogens (tertiary/aromatic N) is 5. The molecule has 0 aromatic carbocycles. The van der Waals surface area contributed by atoms with E-state index in [9.17, 15) is 0 Å². The van der Waals surface area contributed by atoms with E-state index in [0.29, 0.717) is 10.4 Å². The molecular weight excluding hydrogens is 210 g/mol. The molecule has 6 heteroatoms. The Bertz CT molecular complexity index is 293. The molecule has 0 saturated heterocycles. The van der Waals surface area contributed by atoms with Gasteiger partial charge in [0.1, 0.15) is 10.4 Å². The van der Waals surface area contributed by atoms with Crippen LogP contribution >= 0.6 is 15.9 Å². The summed E-state index contributed by atoms with van der Waals surface area (Å²) < 4.78 is 0.690. The maximum Gasteiger partial charge on any atom is 0.135 e. The van der Waals surface area contributed by atoms with Crippen molar-refractivity contribution in [1.29, 1.82) is 0 Å². The molecule has 1 heterocycles.